The third kappa shape index (κ3) is 5.35. The Bertz CT molecular complexity index is 1290. The largest absolute Gasteiger partial charge is 0.305 e. The molecule has 1 aromatic carbocycles. The molecule has 9 nitrogen and oxygen atoms in total. The van der Waals surface area contributed by atoms with Gasteiger partial charge in [0.1, 0.15) is 0 Å². The van der Waals surface area contributed by atoms with E-state index in [-0.39, 0.29) is 10.8 Å². The minimum Gasteiger partial charge on any atom is -0.305 e. The maximum atomic E-state index is 12.5. The first-order chi connectivity index (χ1) is 15.5. The van der Waals surface area contributed by atoms with E-state index in [2.05, 4.69) is 25.1 Å². The second kappa shape index (κ2) is 9.40. The lowest BCUT2D eigenvalue weighted by molar-refractivity contribution is 0.102. The van der Waals surface area contributed by atoms with E-state index in [9.17, 15) is 13.2 Å². The SMILES string of the molecule is O=C(Nc1ccn(CCc2ccncc2)n1)c1ccc(S(=O)(=O)Nc2ccncc2)cc1. The van der Waals surface area contributed by atoms with Gasteiger partial charge in [-0.1, -0.05) is 0 Å². The van der Waals surface area contributed by atoms with Gasteiger partial charge in [0.25, 0.3) is 15.9 Å². The normalized spacial score (nSPS) is 11.1. The summed E-state index contributed by atoms with van der Waals surface area (Å²) < 4.78 is 29.2. The molecule has 3 heterocycles. The summed E-state index contributed by atoms with van der Waals surface area (Å²) in [6.45, 7) is 0.664. The van der Waals surface area contributed by atoms with E-state index in [1.165, 1.54) is 36.7 Å². The minimum absolute atomic E-state index is 0.0475. The van der Waals surface area contributed by atoms with Gasteiger partial charge in [-0.15, -0.1) is 0 Å². The second-order valence-corrected chi connectivity index (χ2v) is 8.57. The van der Waals surface area contributed by atoms with Gasteiger partial charge < -0.3 is 5.32 Å². The molecule has 0 spiro atoms. The third-order valence-corrected chi connectivity index (χ3v) is 6.02. The number of benzene rings is 1. The molecule has 4 rings (SSSR count). The number of amides is 1. The van der Waals surface area contributed by atoms with Crippen molar-refractivity contribution in [3.8, 4) is 0 Å². The lowest BCUT2D eigenvalue weighted by Gasteiger charge is -2.08. The first-order valence-corrected chi connectivity index (χ1v) is 11.2. The van der Waals surface area contributed by atoms with Crippen molar-refractivity contribution in [3.05, 3.63) is 96.7 Å². The van der Waals surface area contributed by atoms with Gasteiger partial charge >= 0.3 is 0 Å². The smallest absolute Gasteiger partial charge is 0.261 e. The summed E-state index contributed by atoms with van der Waals surface area (Å²) in [5.41, 5.74) is 1.87. The molecule has 0 fully saturated rings. The Kier molecular flexibility index (Phi) is 6.22. The van der Waals surface area contributed by atoms with Crippen molar-refractivity contribution in [1.82, 2.24) is 19.7 Å². The summed E-state index contributed by atoms with van der Waals surface area (Å²) in [6, 6.07) is 14.4. The van der Waals surface area contributed by atoms with Gasteiger partial charge in [-0.05, 0) is 60.5 Å². The first-order valence-electron chi connectivity index (χ1n) is 9.76. The molecule has 0 saturated carbocycles. The molecular formula is C22H20N6O3S. The number of rotatable bonds is 8. The number of nitrogens with zero attached hydrogens (tertiary/aromatic N) is 4. The Balaban J connectivity index is 1.36. The highest BCUT2D eigenvalue weighted by atomic mass is 32.2. The molecule has 0 radical (unpaired) electrons. The van der Waals surface area contributed by atoms with Crippen LogP contribution in [-0.2, 0) is 23.0 Å². The van der Waals surface area contributed by atoms with Gasteiger partial charge in [-0.3, -0.25) is 24.2 Å². The Morgan fingerprint density at radius 1 is 0.875 bits per heavy atom. The van der Waals surface area contributed by atoms with Crippen molar-refractivity contribution in [3.63, 3.8) is 0 Å². The van der Waals surface area contributed by atoms with Crippen LogP contribution < -0.4 is 10.0 Å². The molecule has 0 aliphatic heterocycles. The van der Waals surface area contributed by atoms with Crippen LogP contribution >= 0.6 is 0 Å². The van der Waals surface area contributed by atoms with Gasteiger partial charge in [0.15, 0.2) is 5.82 Å². The van der Waals surface area contributed by atoms with E-state index in [1.807, 2.05) is 12.1 Å². The molecule has 162 valence electrons. The number of pyridine rings is 2. The Morgan fingerprint density at radius 2 is 1.53 bits per heavy atom. The fraction of sp³-hybridized carbons (Fsp3) is 0.0909. The van der Waals surface area contributed by atoms with Crippen molar-refractivity contribution in [2.75, 3.05) is 10.0 Å². The van der Waals surface area contributed by atoms with Crippen LogP contribution in [0.5, 0.6) is 0 Å². The van der Waals surface area contributed by atoms with E-state index < -0.39 is 10.0 Å². The second-order valence-electron chi connectivity index (χ2n) is 6.89. The standard InChI is InChI=1S/C22H20N6O3S/c29-22(25-21-10-16-28(26-21)15-9-17-5-11-23-12-6-17)18-1-3-20(4-2-18)32(30,31)27-19-7-13-24-14-8-19/h1-8,10-14,16H,9,15H2,(H,24,27)(H,25,26,29). The highest BCUT2D eigenvalue weighted by Crippen LogP contribution is 2.16. The Labute approximate surface area is 185 Å². The number of sulfonamides is 1. The average molecular weight is 449 g/mol. The maximum absolute atomic E-state index is 12.5. The van der Waals surface area contributed by atoms with Gasteiger partial charge in [-0.25, -0.2) is 8.42 Å². The highest BCUT2D eigenvalue weighted by molar-refractivity contribution is 7.92. The molecule has 0 aliphatic carbocycles. The molecule has 10 heteroatoms. The van der Waals surface area contributed by atoms with Gasteiger partial charge in [0.2, 0.25) is 0 Å². The van der Waals surface area contributed by atoms with Gasteiger partial charge in [0.05, 0.1) is 10.6 Å². The number of hydrogen-bond acceptors (Lipinski definition) is 6. The molecule has 0 saturated heterocycles. The molecule has 32 heavy (non-hydrogen) atoms. The molecule has 0 aliphatic rings. The zero-order valence-electron chi connectivity index (χ0n) is 16.9. The summed E-state index contributed by atoms with van der Waals surface area (Å²) in [7, 11) is -3.77. The number of nitrogens with one attached hydrogen (secondary N) is 2. The van der Waals surface area contributed by atoms with Crippen molar-refractivity contribution in [2.24, 2.45) is 0 Å². The molecule has 4 aromatic rings. The van der Waals surface area contributed by atoms with E-state index in [1.54, 1.807) is 41.5 Å². The van der Waals surface area contributed by atoms with Gasteiger partial charge in [-0.2, -0.15) is 5.10 Å². The van der Waals surface area contributed by atoms with E-state index in [0.29, 0.717) is 23.6 Å². The van der Waals surface area contributed by atoms with Crippen LogP contribution in [0.15, 0.2) is 90.5 Å². The van der Waals surface area contributed by atoms with Crippen molar-refractivity contribution in [2.45, 2.75) is 17.9 Å². The zero-order valence-corrected chi connectivity index (χ0v) is 17.7. The zero-order chi connectivity index (χ0) is 22.4. The van der Waals surface area contributed by atoms with E-state index >= 15 is 0 Å². The summed E-state index contributed by atoms with van der Waals surface area (Å²) >= 11 is 0. The van der Waals surface area contributed by atoms with Gasteiger partial charge in [0, 0.05) is 49.2 Å². The van der Waals surface area contributed by atoms with Crippen LogP contribution in [0.4, 0.5) is 11.5 Å². The molecule has 2 N–H and O–H groups in total. The molecule has 0 atom stereocenters. The van der Waals surface area contributed by atoms with Crippen LogP contribution in [-0.4, -0.2) is 34.1 Å². The number of aryl methyl sites for hydroxylation is 2. The fourth-order valence-corrected chi connectivity index (χ4v) is 4.01. The number of aromatic nitrogens is 4. The first kappa shape index (κ1) is 21.2. The van der Waals surface area contributed by atoms with Crippen LogP contribution in [0.3, 0.4) is 0 Å². The van der Waals surface area contributed by atoms with Crippen LogP contribution in [0.2, 0.25) is 0 Å². The number of carbonyl (C=O) groups is 1. The number of anilines is 2. The Hall–Kier alpha value is -4.05. The molecular weight excluding hydrogens is 428 g/mol. The summed E-state index contributed by atoms with van der Waals surface area (Å²) in [5.74, 6) is 0.0382. The Morgan fingerprint density at radius 3 is 2.22 bits per heavy atom. The summed E-state index contributed by atoms with van der Waals surface area (Å²) in [4.78, 5) is 20.4. The summed E-state index contributed by atoms with van der Waals surface area (Å²) in [5, 5.41) is 7.07. The molecule has 3 aromatic heterocycles. The molecule has 0 bridgehead atoms. The average Bonchev–Trinajstić information content (AvgIpc) is 3.26. The predicted molar refractivity (Wildman–Crippen MR) is 120 cm³/mol. The van der Waals surface area contributed by atoms with Crippen LogP contribution in [0.1, 0.15) is 15.9 Å². The topological polar surface area (TPSA) is 119 Å². The van der Waals surface area contributed by atoms with Crippen LogP contribution in [0, 0.1) is 0 Å². The summed E-state index contributed by atoms with van der Waals surface area (Å²) in [6.07, 6.45) is 9.06. The predicted octanol–water partition coefficient (Wildman–Crippen LogP) is 2.97. The minimum atomic E-state index is -3.77. The number of carbonyl (C=O) groups excluding carboxylic acids is 1. The van der Waals surface area contributed by atoms with Crippen LogP contribution in [0.25, 0.3) is 0 Å². The molecule has 0 unspecified atom stereocenters. The van der Waals surface area contributed by atoms with Crippen molar-refractivity contribution in [1.29, 1.82) is 0 Å². The lowest BCUT2D eigenvalue weighted by Crippen LogP contribution is -2.15. The third-order valence-electron chi connectivity index (χ3n) is 4.62. The number of hydrogen-bond donors (Lipinski definition) is 2. The van der Waals surface area contributed by atoms with E-state index in [4.69, 9.17) is 0 Å². The maximum Gasteiger partial charge on any atom is 0.261 e. The lowest BCUT2D eigenvalue weighted by atomic mass is 10.2. The highest BCUT2D eigenvalue weighted by Gasteiger charge is 2.15. The van der Waals surface area contributed by atoms with Crippen molar-refractivity contribution < 1.29 is 13.2 Å². The van der Waals surface area contributed by atoms with E-state index in [0.717, 1.165) is 12.0 Å². The quantitative estimate of drug-likeness (QED) is 0.428. The monoisotopic (exact) mass is 448 g/mol. The fourth-order valence-electron chi connectivity index (χ4n) is 2.95. The van der Waals surface area contributed by atoms with Crippen molar-refractivity contribution >= 4 is 27.4 Å². The molecule has 1 amide bonds.